The van der Waals surface area contributed by atoms with Crippen LogP contribution in [0.3, 0.4) is 0 Å². The second kappa shape index (κ2) is 9.82. The lowest BCUT2D eigenvalue weighted by Crippen LogP contribution is -2.39. The second-order valence-corrected chi connectivity index (χ2v) is 7.32. The summed E-state index contributed by atoms with van der Waals surface area (Å²) in [5, 5.41) is 8.65. The molecule has 0 fully saturated rings. The number of methoxy groups -OCH3 is 1. The summed E-state index contributed by atoms with van der Waals surface area (Å²) < 4.78 is 11.2. The van der Waals surface area contributed by atoms with E-state index < -0.39 is 17.9 Å². The monoisotopic (exact) mass is 445 g/mol. The van der Waals surface area contributed by atoms with Crippen molar-refractivity contribution in [2.75, 3.05) is 17.4 Å². The van der Waals surface area contributed by atoms with E-state index in [-0.39, 0.29) is 12.1 Å². The number of amides is 2. The number of hydrogen-bond donors (Lipinski definition) is 2. The Kier molecular flexibility index (Phi) is 6.49. The average molecular weight is 445 g/mol. The summed E-state index contributed by atoms with van der Waals surface area (Å²) in [6.07, 6.45) is 3.51. The summed E-state index contributed by atoms with van der Waals surface area (Å²) in [7, 11) is 1.54. The summed E-state index contributed by atoms with van der Waals surface area (Å²) in [4.78, 5) is 28.9. The number of rotatable bonds is 8. The normalized spacial score (nSPS) is 15.0. The van der Waals surface area contributed by atoms with Crippen molar-refractivity contribution in [2.45, 2.75) is 19.1 Å². The maximum atomic E-state index is 12.9. The minimum absolute atomic E-state index is 0.108. The van der Waals surface area contributed by atoms with E-state index in [2.05, 4.69) is 15.4 Å². The molecule has 0 spiro atoms. The first-order valence-corrected chi connectivity index (χ1v) is 10.3. The maximum absolute atomic E-state index is 12.9. The van der Waals surface area contributed by atoms with Crippen molar-refractivity contribution >= 4 is 28.9 Å². The number of para-hydroxylation sites is 1. The number of pyridine rings is 1. The number of nitrogens with two attached hydrogens (primary N) is 1. The van der Waals surface area contributed by atoms with Gasteiger partial charge in [-0.05, 0) is 30.3 Å². The molecule has 1 aliphatic heterocycles. The number of benzene rings is 2. The summed E-state index contributed by atoms with van der Waals surface area (Å²) in [6.45, 7) is 0.292. The molecule has 9 heteroatoms. The number of hydrazone groups is 1. The predicted octanol–water partition coefficient (Wildman–Crippen LogP) is 2.73. The van der Waals surface area contributed by atoms with Gasteiger partial charge in [0.1, 0.15) is 18.4 Å². The molecule has 0 saturated heterocycles. The fourth-order valence-corrected chi connectivity index (χ4v) is 3.40. The van der Waals surface area contributed by atoms with Crippen LogP contribution in [-0.2, 0) is 16.2 Å². The van der Waals surface area contributed by atoms with Crippen LogP contribution >= 0.6 is 0 Å². The summed E-state index contributed by atoms with van der Waals surface area (Å²) in [5.41, 5.74) is 7.83. The van der Waals surface area contributed by atoms with Crippen molar-refractivity contribution in [3.63, 3.8) is 0 Å². The van der Waals surface area contributed by atoms with Crippen LogP contribution in [-0.4, -0.2) is 35.7 Å². The van der Waals surface area contributed by atoms with Gasteiger partial charge in [-0.1, -0.05) is 24.3 Å². The number of hydrogen-bond acceptors (Lipinski definition) is 7. The Labute approximate surface area is 190 Å². The molecule has 2 aromatic carbocycles. The number of carbonyl (C=O) groups is 2. The minimum atomic E-state index is -0.734. The van der Waals surface area contributed by atoms with Crippen molar-refractivity contribution in [1.82, 2.24) is 4.98 Å². The molecule has 3 aromatic rings. The molecule has 2 heterocycles. The highest BCUT2D eigenvalue weighted by molar-refractivity contribution is 6.44. The molecule has 2 amide bonds. The molecular formula is C24H23N5O4. The van der Waals surface area contributed by atoms with Crippen LogP contribution in [0.25, 0.3) is 0 Å². The Balaban J connectivity index is 1.50. The molecule has 0 aliphatic carbocycles. The number of aromatic nitrogens is 1. The third-order valence-corrected chi connectivity index (χ3v) is 5.06. The van der Waals surface area contributed by atoms with Crippen molar-refractivity contribution < 1.29 is 19.1 Å². The Morgan fingerprint density at radius 3 is 2.64 bits per heavy atom. The van der Waals surface area contributed by atoms with Crippen molar-refractivity contribution in [3.8, 4) is 11.5 Å². The van der Waals surface area contributed by atoms with Crippen LogP contribution in [0.4, 0.5) is 11.4 Å². The number of carbonyl (C=O) groups excluding carboxylic acids is 2. The Hall–Kier alpha value is -4.40. The topological polar surface area (TPSA) is 119 Å². The lowest BCUT2D eigenvalue weighted by Gasteiger charge is -2.20. The predicted molar refractivity (Wildman–Crippen MR) is 124 cm³/mol. The second-order valence-electron chi connectivity index (χ2n) is 7.32. The zero-order valence-corrected chi connectivity index (χ0v) is 18.0. The van der Waals surface area contributed by atoms with E-state index in [1.807, 2.05) is 30.3 Å². The van der Waals surface area contributed by atoms with Crippen molar-refractivity contribution in [3.05, 3.63) is 78.6 Å². The third-order valence-electron chi connectivity index (χ3n) is 5.06. The third kappa shape index (κ3) is 5.09. The van der Waals surface area contributed by atoms with E-state index in [4.69, 9.17) is 15.2 Å². The van der Waals surface area contributed by atoms with Crippen molar-refractivity contribution in [2.24, 2.45) is 10.8 Å². The van der Waals surface area contributed by atoms with Gasteiger partial charge in [-0.3, -0.25) is 19.6 Å². The summed E-state index contributed by atoms with van der Waals surface area (Å²) in [5.74, 6) is 0.0107. The fourth-order valence-electron chi connectivity index (χ4n) is 3.40. The first kappa shape index (κ1) is 21.8. The lowest BCUT2D eigenvalue weighted by atomic mass is 10.1. The molecule has 0 radical (unpaired) electrons. The van der Waals surface area contributed by atoms with Gasteiger partial charge in [0.05, 0.1) is 12.8 Å². The molecule has 1 aliphatic rings. The van der Waals surface area contributed by atoms with Crippen LogP contribution < -0.4 is 25.5 Å². The first-order chi connectivity index (χ1) is 16.0. The molecule has 3 N–H and O–H groups in total. The van der Waals surface area contributed by atoms with Gasteiger partial charge < -0.3 is 20.5 Å². The van der Waals surface area contributed by atoms with E-state index in [1.165, 1.54) is 5.01 Å². The first-order valence-electron chi connectivity index (χ1n) is 10.3. The van der Waals surface area contributed by atoms with E-state index in [1.54, 1.807) is 49.8 Å². The number of primary amides is 1. The van der Waals surface area contributed by atoms with Gasteiger partial charge in [-0.2, -0.15) is 5.10 Å². The van der Waals surface area contributed by atoms with E-state index >= 15 is 0 Å². The highest BCUT2D eigenvalue weighted by atomic mass is 16.5. The highest BCUT2D eigenvalue weighted by Gasteiger charge is 2.35. The molecule has 1 unspecified atom stereocenters. The molecule has 168 valence electrons. The van der Waals surface area contributed by atoms with Gasteiger partial charge in [0.15, 0.2) is 11.5 Å². The van der Waals surface area contributed by atoms with Gasteiger partial charge in [-0.25, -0.2) is 0 Å². The van der Waals surface area contributed by atoms with Crippen LogP contribution in [0.2, 0.25) is 0 Å². The van der Waals surface area contributed by atoms with Crippen LogP contribution in [0.5, 0.6) is 11.5 Å². The lowest BCUT2D eigenvalue weighted by molar-refractivity contribution is -0.119. The van der Waals surface area contributed by atoms with Gasteiger partial charge in [-0.15, -0.1) is 0 Å². The molecule has 0 bridgehead atoms. The maximum Gasteiger partial charge on any atom is 0.271 e. The molecule has 4 rings (SSSR count). The standard InChI is InChI=1S/C24H23N5O4/c1-32-21-10-9-17(12-22(21)33-15-16-6-5-11-26-14-16)27-24(31)19-13-20(23(25)30)29(28-19)18-7-3-2-4-8-18/h2-12,14,20H,13,15H2,1H3,(H2,25,30)(H,27,31). The minimum Gasteiger partial charge on any atom is -0.493 e. The largest absolute Gasteiger partial charge is 0.493 e. The van der Waals surface area contributed by atoms with Crippen LogP contribution in [0, 0.1) is 0 Å². The molecule has 1 aromatic heterocycles. The van der Waals surface area contributed by atoms with Crippen LogP contribution in [0.15, 0.2) is 78.2 Å². The van der Waals surface area contributed by atoms with E-state index in [9.17, 15) is 9.59 Å². The Morgan fingerprint density at radius 2 is 1.94 bits per heavy atom. The number of anilines is 2. The zero-order chi connectivity index (χ0) is 23.2. The molecular weight excluding hydrogens is 422 g/mol. The zero-order valence-electron chi connectivity index (χ0n) is 18.0. The van der Waals surface area contributed by atoms with Gasteiger partial charge in [0.25, 0.3) is 5.91 Å². The molecule has 9 nitrogen and oxygen atoms in total. The average Bonchev–Trinajstić information content (AvgIpc) is 3.30. The Bertz CT molecular complexity index is 1170. The van der Waals surface area contributed by atoms with Crippen molar-refractivity contribution in [1.29, 1.82) is 0 Å². The fraction of sp³-hybridized carbons (Fsp3) is 0.167. The quantitative estimate of drug-likeness (QED) is 0.550. The van der Waals surface area contributed by atoms with Gasteiger partial charge >= 0.3 is 0 Å². The summed E-state index contributed by atoms with van der Waals surface area (Å²) in [6, 6.07) is 17.2. The Morgan fingerprint density at radius 1 is 1.12 bits per heavy atom. The molecule has 0 saturated carbocycles. The smallest absolute Gasteiger partial charge is 0.271 e. The number of ether oxygens (including phenoxy) is 2. The number of nitrogens with one attached hydrogen (secondary N) is 1. The molecule has 1 atom stereocenters. The van der Waals surface area contributed by atoms with Gasteiger partial charge in [0, 0.05) is 36.1 Å². The van der Waals surface area contributed by atoms with Gasteiger partial charge in [0.2, 0.25) is 5.91 Å². The summed E-state index contributed by atoms with van der Waals surface area (Å²) >= 11 is 0. The number of nitrogens with zero attached hydrogens (tertiary/aromatic N) is 3. The SMILES string of the molecule is COc1ccc(NC(=O)C2=NN(c3ccccc3)C(C(N)=O)C2)cc1OCc1cccnc1. The van der Waals surface area contributed by atoms with Crippen LogP contribution in [0.1, 0.15) is 12.0 Å². The van der Waals surface area contributed by atoms with E-state index in [0.717, 1.165) is 5.56 Å². The van der Waals surface area contributed by atoms with E-state index in [0.29, 0.717) is 29.5 Å². The highest BCUT2D eigenvalue weighted by Crippen LogP contribution is 2.31. The molecule has 33 heavy (non-hydrogen) atoms.